The molecule has 168 valence electrons. The molecule has 0 bridgehead atoms. The summed E-state index contributed by atoms with van der Waals surface area (Å²) in [6.45, 7) is 10.9. The maximum atomic E-state index is 12.6. The molecule has 0 aliphatic carbocycles. The van der Waals surface area contributed by atoms with Crippen LogP contribution in [-0.2, 0) is 6.54 Å². The van der Waals surface area contributed by atoms with Crippen molar-refractivity contribution in [2.24, 2.45) is 0 Å². The van der Waals surface area contributed by atoms with Gasteiger partial charge in [0.25, 0.3) is 5.91 Å². The smallest absolute Gasteiger partial charge is 0.336 e. The number of nitrogens with zero attached hydrogens (tertiary/aromatic N) is 1. The fourth-order valence-electron chi connectivity index (χ4n) is 4.71. The number of amides is 1. The van der Waals surface area contributed by atoms with Crippen LogP contribution in [0.2, 0.25) is 0 Å². The highest BCUT2D eigenvalue weighted by Gasteiger charge is 2.23. The third-order valence-electron chi connectivity index (χ3n) is 6.55. The fourth-order valence-corrected chi connectivity index (χ4v) is 4.71. The minimum absolute atomic E-state index is 0.00444. The number of hydrogen-bond donors (Lipinski definition) is 1. The Balaban J connectivity index is 1.45. The summed E-state index contributed by atoms with van der Waals surface area (Å²) in [4.78, 5) is 27.2. The molecule has 2 heterocycles. The number of carbonyl (C=O) groups is 1. The van der Waals surface area contributed by atoms with Crippen LogP contribution < -0.4 is 10.9 Å². The lowest BCUT2D eigenvalue weighted by molar-refractivity contribution is 0.0908. The first kappa shape index (κ1) is 22.3. The van der Waals surface area contributed by atoms with Gasteiger partial charge < -0.3 is 9.73 Å². The van der Waals surface area contributed by atoms with Gasteiger partial charge in [0.05, 0.1) is 0 Å². The van der Waals surface area contributed by atoms with Gasteiger partial charge in [-0.15, -0.1) is 0 Å². The van der Waals surface area contributed by atoms with Crippen LogP contribution in [0.1, 0.15) is 65.2 Å². The quantitative estimate of drug-likeness (QED) is 0.581. The highest BCUT2D eigenvalue weighted by Crippen LogP contribution is 2.28. The normalized spacial score (nSPS) is 15.4. The third kappa shape index (κ3) is 4.78. The molecule has 32 heavy (non-hydrogen) atoms. The van der Waals surface area contributed by atoms with Crippen LogP contribution in [-0.4, -0.2) is 29.9 Å². The summed E-state index contributed by atoms with van der Waals surface area (Å²) >= 11 is 0. The first-order valence-electron chi connectivity index (χ1n) is 11.5. The molecule has 1 aliphatic heterocycles. The average molecular weight is 433 g/mol. The van der Waals surface area contributed by atoms with Crippen molar-refractivity contribution in [3.8, 4) is 0 Å². The van der Waals surface area contributed by atoms with E-state index in [0.29, 0.717) is 18.0 Å². The van der Waals surface area contributed by atoms with Crippen LogP contribution in [0.4, 0.5) is 0 Å². The van der Waals surface area contributed by atoms with E-state index in [1.165, 1.54) is 5.56 Å². The number of likely N-dealkylation sites (tertiary alicyclic amines) is 1. The minimum Gasteiger partial charge on any atom is -0.423 e. The van der Waals surface area contributed by atoms with Crippen LogP contribution in [0.3, 0.4) is 0 Å². The molecule has 5 nitrogen and oxygen atoms in total. The van der Waals surface area contributed by atoms with Gasteiger partial charge >= 0.3 is 5.63 Å². The summed E-state index contributed by atoms with van der Waals surface area (Å²) in [5.41, 5.74) is 5.55. The summed E-state index contributed by atoms with van der Waals surface area (Å²) < 4.78 is 5.50. The molecular weight excluding hydrogens is 400 g/mol. The topological polar surface area (TPSA) is 62.6 Å². The molecule has 4 rings (SSSR count). The van der Waals surface area contributed by atoms with E-state index in [1.807, 2.05) is 37.3 Å². The van der Waals surface area contributed by atoms with Gasteiger partial charge in [0.1, 0.15) is 5.58 Å². The molecule has 0 spiro atoms. The second-order valence-electron chi connectivity index (χ2n) is 9.29. The second-order valence-corrected chi connectivity index (χ2v) is 9.29. The van der Waals surface area contributed by atoms with E-state index in [-0.39, 0.29) is 17.6 Å². The number of hydrogen-bond acceptors (Lipinski definition) is 4. The molecular formula is C27H32N2O3. The molecule has 0 saturated carbocycles. The molecule has 5 heteroatoms. The van der Waals surface area contributed by atoms with Crippen molar-refractivity contribution >= 4 is 16.9 Å². The summed E-state index contributed by atoms with van der Waals surface area (Å²) in [6, 6.07) is 13.7. The van der Waals surface area contributed by atoms with Crippen molar-refractivity contribution in [2.75, 3.05) is 13.1 Å². The Morgan fingerprint density at radius 3 is 2.50 bits per heavy atom. The molecule has 2 aromatic carbocycles. The first-order chi connectivity index (χ1) is 15.3. The molecule has 1 amide bonds. The van der Waals surface area contributed by atoms with Crippen molar-refractivity contribution in [1.29, 1.82) is 0 Å². The average Bonchev–Trinajstić information content (AvgIpc) is 2.74. The number of fused-ring (bicyclic) bond motifs is 1. The molecule has 0 atom stereocenters. The number of benzene rings is 2. The zero-order valence-corrected chi connectivity index (χ0v) is 19.4. The van der Waals surface area contributed by atoms with Crippen molar-refractivity contribution < 1.29 is 9.21 Å². The van der Waals surface area contributed by atoms with Gasteiger partial charge in [-0.1, -0.05) is 32.0 Å². The molecule has 1 saturated heterocycles. The molecule has 1 aromatic heterocycles. The van der Waals surface area contributed by atoms with Gasteiger partial charge in [-0.2, -0.15) is 0 Å². The third-order valence-corrected chi connectivity index (χ3v) is 6.55. The molecule has 1 N–H and O–H groups in total. The van der Waals surface area contributed by atoms with E-state index >= 15 is 0 Å². The first-order valence-corrected chi connectivity index (χ1v) is 11.5. The largest absolute Gasteiger partial charge is 0.423 e. The second kappa shape index (κ2) is 9.29. The molecule has 0 radical (unpaired) electrons. The molecule has 3 aromatic rings. The van der Waals surface area contributed by atoms with E-state index in [4.69, 9.17) is 4.42 Å². The summed E-state index contributed by atoms with van der Waals surface area (Å²) in [6.07, 6.45) is 1.79. The van der Waals surface area contributed by atoms with Crippen LogP contribution in [0.5, 0.6) is 0 Å². The van der Waals surface area contributed by atoms with Crippen molar-refractivity contribution in [1.82, 2.24) is 10.2 Å². The Labute approximate surface area is 189 Å². The Morgan fingerprint density at radius 2 is 1.81 bits per heavy atom. The standard InChI is InChI=1S/C27H32N2O3/c1-17(2)23-15-24-20(14-26(30)32-25(24)13-19(23)4)16-29-11-9-21(10-12-29)28-27(31)22-8-6-5-7-18(22)3/h5-8,13-15,17,21H,9-12,16H2,1-4H3,(H,28,31). The Hall–Kier alpha value is -2.92. The van der Waals surface area contributed by atoms with Gasteiger partial charge in [0, 0.05) is 42.7 Å². The molecule has 1 fully saturated rings. The van der Waals surface area contributed by atoms with E-state index < -0.39 is 0 Å². The van der Waals surface area contributed by atoms with E-state index in [9.17, 15) is 9.59 Å². The van der Waals surface area contributed by atoms with Crippen LogP contribution in [0.15, 0.2) is 51.7 Å². The predicted octanol–water partition coefficient (Wildman–Crippen LogP) is 4.93. The summed E-state index contributed by atoms with van der Waals surface area (Å²) in [5.74, 6) is 0.414. The number of carbonyl (C=O) groups excluding carboxylic acids is 1. The highest BCUT2D eigenvalue weighted by molar-refractivity contribution is 5.95. The van der Waals surface area contributed by atoms with E-state index in [2.05, 4.69) is 37.1 Å². The minimum atomic E-state index is -0.301. The van der Waals surface area contributed by atoms with Gasteiger partial charge in [-0.05, 0) is 73.1 Å². The maximum Gasteiger partial charge on any atom is 0.336 e. The lowest BCUT2D eigenvalue weighted by Gasteiger charge is -2.32. The lowest BCUT2D eigenvalue weighted by Crippen LogP contribution is -2.44. The van der Waals surface area contributed by atoms with E-state index in [1.54, 1.807) is 6.07 Å². The summed E-state index contributed by atoms with van der Waals surface area (Å²) in [5, 5.41) is 4.22. The molecule has 0 unspecified atom stereocenters. The van der Waals surface area contributed by atoms with Gasteiger partial charge in [-0.25, -0.2) is 4.79 Å². The maximum absolute atomic E-state index is 12.6. The van der Waals surface area contributed by atoms with Crippen LogP contribution in [0.25, 0.3) is 11.0 Å². The number of piperidine rings is 1. The monoisotopic (exact) mass is 432 g/mol. The lowest BCUT2D eigenvalue weighted by atomic mass is 9.94. The van der Waals surface area contributed by atoms with Gasteiger partial charge in [0.2, 0.25) is 0 Å². The zero-order valence-electron chi connectivity index (χ0n) is 19.4. The van der Waals surface area contributed by atoms with E-state index in [0.717, 1.165) is 53.6 Å². The Morgan fingerprint density at radius 1 is 1.09 bits per heavy atom. The fraction of sp³-hybridized carbons (Fsp3) is 0.407. The number of nitrogens with one attached hydrogen (secondary N) is 1. The van der Waals surface area contributed by atoms with Gasteiger partial charge in [-0.3, -0.25) is 9.69 Å². The van der Waals surface area contributed by atoms with Crippen molar-refractivity contribution in [2.45, 2.75) is 59.0 Å². The van der Waals surface area contributed by atoms with Crippen molar-refractivity contribution in [3.63, 3.8) is 0 Å². The predicted molar refractivity (Wildman–Crippen MR) is 128 cm³/mol. The van der Waals surface area contributed by atoms with Gasteiger partial charge in [0.15, 0.2) is 0 Å². The summed E-state index contributed by atoms with van der Waals surface area (Å²) in [7, 11) is 0. The number of aryl methyl sites for hydroxylation is 2. The highest BCUT2D eigenvalue weighted by atomic mass is 16.4. The van der Waals surface area contributed by atoms with Crippen LogP contribution >= 0.6 is 0 Å². The zero-order chi connectivity index (χ0) is 22.8. The van der Waals surface area contributed by atoms with Crippen molar-refractivity contribution in [3.05, 3.63) is 80.7 Å². The number of rotatable bonds is 5. The molecule has 1 aliphatic rings. The Bertz CT molecular complexity index is 1190. The van der Waals surface area contributed by atoms with Crippen LogP contribution in [0, 0.1) is 13.8 Å². The SMILES string of the molecule is Cc1ccccc1C(=O)NC1CCN(Cc2cc(=O)oc3cc(C)c(C(C)C)cc23)CC1. The Kier molecular flexibility index (Phi) is 6.47.